The van der Waals surface area contributed by atoms with Crippen LogP contribution in [0.4, 0.5) is 17.1 Å². The summed E-state index contributed by atoms with van der Waals surface area (Å²) in [5.41, 5.74) is 13.1. The SMILES string of the molecule is c1ccc(-c2ccc3c(c2)sc2c(N(c4ccc(-c5cccc6ccccc56)cc4)c4ccc(-c5ccccc5)c(-c5ccccc5)c4)cccc23)cc1. The highest BCUT2D eigenvalue weighted by atomic mass is 32.1. The number of benzene rings is 9. The minimum Gasteiger partial charge on any atom is -0.309 e. The summed E-state index contributed by atoms with van der Waals surface area (Å²) in [6.45, 7) is 0. The van der Waals surface area contributed by atoms with Crippen LogP contribution in [0, 0.1) is 0 Å². The molecule has 10 rings (SSSR count). The second kappa shape index (κ2) is 13.7. The zero-order valence-electron chi connectivity index (χ0n) is 29.6. The van der Waals surface area contributed by atoms with Crippen molar-refractivity contribution in [3.8, 4) is 44.5 Å². The minimum atomic E-state index is 1.11. The van der Waals surface area contributed by atoms with Gasteiger partial charge >= 0.3 is 0 Å². The van der Waals surface area contributed by atoms with Crippen molar-refractivity contribution in [2.45, 2.75) is 0 Å². The molecule has 0 radical (unpaired) electrons. The molecule has 0 N–H and O–H groups in total. The summed E-state index contributed by atoms with van der Waals surface area (Å²) in [6, 6.07) is 77.1. The maximum absolute atomic E-state index is 2.45. The van der Waals surface area contributed by atoms with Crippen LogP contribution < -0.4 is 4.90 Å². The molecule has 0 aliphatic rings. The highest BCUT2D eigenvalue weighted by Crippen LogP contribution is 2.47. The van der Waals surface area contributed by atoms with Crippen LogP contribution in [-0.2, 0) is 0 Å². The van der Waals surface area contributed by atoms with E-state index in [0.29, 0.717) is 0 Å². The summed E-state index contributed by atoms with van der Waals surface area (Å²) in [7, 11) is 0. The molecule has 9 aromatic carbocycles. The van der Waals surface area contributed by atoms with Crippen molar-refractivity contribution in [2.24, 2.45) is 0 Å². The van der Waals surface area contributed by atoms with Crippen LogP contribution in [0.3, 0.4) is 0 Å². The van der Waals surface area contributed by atoms with Crippen molar-refractivity contribution in [3.63, 3.8) is 0 Å². The average Bonchev–Trinajstić information content (AvgIpc) is 3.63. The van der Waals surface area contributed by atoms with Gasteiger partial charge < -0.3 is 4.90 Å². The standard InChI is InChI=1S/C52H35NS/c1-4-14-36(15-5-1)41-28-32-47-48-24-13-25-50(52(48)54-51(47)34-41)53(42-29-26-40(27-30-42)45-23-12-21-38-20-10-11-22-44(38)45)43-31-33-46(37-16-6-2-7-17-37)49(35-43)39-18-8-3-9-19-39/h1-35H. The van der Waals surface area contributed by atoms with Gasteiger partial charge in [0.15, 0.2) is 0 Å². The lowest BCUT2D eigenvalue weighted by Gasteiger charge is -2.27. The van der Waals surface area contributed by atoms with Crippen LogP contribution in [0.25, 0.3) is 75.5 Å². The van der Waals surface area contributed by atoms with Gasteiger partial charge in [-0.2, -0.15) is 0 Å². The van der Waals surface area contributed by atoms with E-state index in [1.165, 1.54) is 81.1 Å². The van der Waals surface area contributed by atoms with E-state index in [2.05, 4.69) is 217 Å². The third kappa shape index (κ3) is 5.74. The Bertz CT molecular complexity index is 2910. The van der Waals surface area contributed by atoms with Crippen LogP contribution in [0.2, 0.25) is 0 Å². The van der Waals surface area contributed by atoms with Gasteiger partial charge in [0.1, 0.15) is 0 Å². The van der Waals surface area contributed by atoms with Crippen molar-refractivity contribution < 1.29 is 0 Å². The predicted octanol–water partition coefficient (Wildman–Crippen LogP) is 15.3. The smallest absolute Gasteiger partial charge is 0.0640 e. The van der Waals surface area contributed by atoms with Gasteiger partial charge in [-0.15, -0.1) is 11.3 Å². The van der Waals surface area contributed by atoms with Gasteiger partial charge in [-0.25, -0.2) is 0 Å². The normalized spacial score (nSPS) is 11.3. The lowest BCUT2D eigenvalue weighted by Crippen LogP contribution is -2.10. The summed E-state index contributed by atoms with van der Waals surface area (Å²) in [4.78, 5) is 2.45. The highest BCUT2D eigenvalue weighted by Gasteiger charge is 2.20. The number of anilines is 3. The molecule has 0 amide bonds. The highest BCUT2D eigenvalue weighted by molar-refractivity contribution is 7.26. The van der Waals surface area contributed by atoms with Gasteiger partial charge in [-0.3, -0.25) is 0 Å². The Labute approximate surface area is 319 Å². The quantitative estimate of drug-likeness (QED) is 0.160. The van der Waals surface area contributed by atoms with Gasteiger partial charge in [0.05, 0.1) is 10.4 Å². The summed E-state index contributed by atoms with van der Waals surface area (Å²) < 4.78 is 2.55. The molecule has 0 fully saturated rings. The second-order valence-corrected chi connectivity index (χ2v) is 14.8. The van der Waals surface area contributed by atoms with Crippen LogP contribution in [0.15, 0.2) is 212 Å². The summed E-state index contributed by atoms with van der Waals surface area (Å²) in [6.07, 6.45) is 0. The van der Waals surface area contributed by atoms with E-state index >= 15 is 0 Å². The molecule has 1 nitrogen and oxygen atoms in total. The Morgan fingerprint density at radius 2 is 0.889 bits per heavy atom. The van der Waals surface area contributed by atoms with E-state index in [0.717, 1.165) is 11.4 Å². The largest absolute Gasteiger partial charge is 0.309 e. The Kier molecular flexibility index (Phi) is 8.09. The molecule has 0 saturated carbocycles. The van der Waals surface area contributed by atoms with E-state index in [1.54, 1.807) is 0 Å². The third-order valence-corrected chi connectivity index (χ3v) is 11.7. The molecule has 10 aromatic rings. The molecular weight excluding hydrogens is 671 g/mol. The Morgan fingerprint density at radius 3 is 1.65 bits per heavy atom. The molecule has 54 heavy (non-hydrogen) atoms. The van der Waals surface area contributed by atoms with Crippen LogP contribution in [0.5, 0.6) is 0 Å². The molecule has 2 heteroatoms. The molecule has 0 spiro atoms. The first kappa shape index (κ1) is 32.0. The molecule has 254 valence electrons. The maximum Gasteiger partial charge on any atom is 0.0640 e. The van der Waals surface area contributed by atoms with Gasteiger partial charge in [-0.1, -0.05) is 176 Å². The molecular formula is C52H35NS. The van der Waals surface area contributed by atoms with Crippen molar-refractivity contribution in [3.05, 3.63) is 212 Å². The first-order valence-electron chi connectivity index (χ1n) is 18.4. The fourth-order valence-electron chi connectivity index (χ4n) is 7.86. The number of hydrogen-bond donors (Lipinski definition) is 0. The first-order valence-corrected chi connectivity index (χ1v) is 19.2. The minimum absolute atomic E-state index is 1.11. The fraction of sp³-hybridized carbons (Fsp3) is 0. The van der Waals surface area contributed by atoms with E-state index in [1.807, 2.05) is 11.3 Å². The Morgan fingerprint density at radius 1 is 0.315 bits per heavy atom. The molecule has 0 atom stereocenters. The van der Waals surface area contributed by atoms with E-state index in [4.69, 9.17) is 0 Å². The van der Waals surface area contributed by atoms with Crippen molar-refractivity contribution >= 4 is 59.3 Å². The van der Waals surface area contributed by atoms with Gasteiger partial charge in [0.2, 0.25) is 0 Å². The van der Waals surface area contributed by atoms with E-state index < -0.39 is 0 Å². The zero-order chi connectivity index (χ0) is 35.8. The summed E-state index contributed by atoms with van der Waals surface area (Å²) >= 11 is 1.88. The van der Waals surface area contributed by atoms with E-state index in [9.17, 15) is 0 Å². The fourth-order valence-corrected chi connectivity index (χ4v) is 9.11. The number of nitrogens with zero attached hydrogens (tertiary/aromatic N) is 1. The predicted molar refractivity (Wildman–Crippen MR) is 233 cm³/mol. The third-order valence-electron chi connectivity index (χ3n) is 10.5. The number of rotatable bonds is 7. The number of hydrogen-bond acceptors (Lipinski definition) is 2. The average molecular weight is 706 g/mol. The topological polar surface area (TPSA) is 3.24 Å². The first-order chi connectivity index (χ1) is 26.8. The van der Waals surface area contributed by atoms with Crippen LogP contribution in [-0.4, -0.2) is 0 Å². The molecule has 0 saturated heterocycles. The molecule has 0 bridgehead atoms. The number of thiophene rings is 1. The molecule has 1 heterocycles. The lowest BCUT2D eigenvalue weighted by atomic mass is 9.93. The number of fused-ring (bicyclic) bond motifs is 4. The van der Waals surface area contributed by atoms with Gasteiger partial charge in [0.25, 0.3) is 0 Å². The van der Waals surface area contributed by atoms with Crippen molar-refractivity contribution in [1.29, 1.82) is 0 Å². The zero-order valence-corrected chi connectivity index (χ0v) is 30.4. The van der Waals surface area contributed by atoms with Gasteiger partial charge in [-0.05, 0) is 91.7 Å². The van der Waals surface area contributed by atoms with Crippen LogP contribution in [0.1, 0.15) is 0 Å². The van der Waals surface area contributed by atoms with Crippen LogP contribution >= 0.6 is 11.3 Å². The Balaban J connectivity index is 1.18. The monoisotopic (exact) mass is 705 g/mol. The Hall–Kier alpha value is -6.74. The second-order valence-electron chi connectivity index (χ2n) is 13.7. The molecule has 0 unspecified atom stereocenters. The lowest BCUT2D eigenvalue weighted by molar-refractivity contribution is 1.30. The maximum atomic E-state index is 2.45. The summed E-state index contributed by atoms with van der Waals surface area (Å²) in [5.74, 6) is 0. The van der Waals surface area contributed by atoms with Gasteiger partial charge in [0, 0.05) is 26.8 Å². The molecule has 0 aliphatic carbocycles. The van der Waals surface area contributed by atoms with E-state index in [-0.39, 0.29) is 0 Å². The van der Waals surface area contributed by atoms with Crippen molar-refractivity contribution in [1.82, 2.24) is 0 Å². The summed E-state index contributed by atoms with van der Waals surface area (Å²) in [5, 5.41) is 5.07. The molecule has 0 aliphatic heterocycles. The molecule has 1 aromatic heterocycles. The van der Waals surface area contributed by atoms with Crippen molar-refractivity contribution in [2.75, 3.05) is 4.90 Å².